The summed E-state index contributed by atoms with van der Waals surface area (Å²) in [5.41, 5.74) is 1.44. The zero-order valence-corrected chi connectivity index (χ0v) is 11.4. The highest BCUT2D eigenvalue weighted by Gasteiger charge is 2.05. The van der Waals surface area contributed by atoms with Gasteiger partial charge in [0.05, 0.1) is 17.3 Å². The molecule has 1 unspecified atom stereocenters. The van der Waals surface area contributed by atoms with E-state index < -0.39 is 6.10 Å². The predicted octanol–water partition coefficient (Wildman–Crippen LogP) is 0.878. The number of aromatic nitrogens is 2. The normalized spacial score (nSPS) is 11.6. The molecule has 0 fully saturated rings. The van der Waals surface area contributed by atoms with Crippen LogP contribution in [0.25, 0.3) is 0 Å². The molecule has 0 spiro atoms. The number of nitrogens with one attached hydrogen (secondary N) is 1. The Morgan fingerprint density at radius 3 is 2.76 bits per heavy atom. The molecule has 6 nitrogen and oxygen atoms in total. The van der Waals surface area contributed by atoms with Gasteiger partial charge in [-0.2, -0.15) is 5.26 Å². The maximum atomic E-state index is 9.82. The van der Waals surface area contributed by atoms with Gasteiger partial charge in [0.2, 0.25) is 0 Å². The molecule has 0 bridgehead atoms. The molecule has 0 aliphatic carbocycles. The zero-order valence-electron chi connectivity index (χ0n) is 11.4. The standard InChI is InChI=1S/C15H16N4O2/c16-7-12-1-3-15(4-2-12)21-10-14(20)9-18-8-13-5-6-17-11-19-13/h1-6,11,14,18,20H,8-10H2. The summed E-state index contributed by atoms with van der Waals surface area (Å²) in [4.78, 5) is 7.91. The Labute approximate surface area is 123 Å². The van der Waals surface area contributed by atoms with Gasteiger partial charge in [-0.1, -0.05) is 0 Å². The molecule has 1 aromatic heterocycles. The van der Waals surface area contributed by atoms with Crippen LogP contribution in [-0.4, -0.2) is 34.3 Å². The van der Waals surface area contributed by atoms with Crippen LogP contribution in [0, 0.1) is 11.3 Å². The van der Waals surface area contributed by atoms with Crippen molar-refractivity contribution in [3.05, 3.63) is 54.1 Å². The number of aliphatic hydroxyl groups is 1. The van der Waals surface area contributed by atoms with Crippen LogP contribution in [0.15, 0.2) is 42.9 Å². The monoisotopic (exact) mass is 284 g/mol. The Morgan fingerprint density at radius 1 is 1.29 bits per heavy atom. The van der Waals surface area contributed by atoms with E-state index in [2.05, 4.69) is 15.3 Å². The third kappa shape index (κ3) is 5.18. The average molecular weight is 284 g/mol. The van der Waals surface area contributed by atoms with E-state index in [9.17, 15) is 5.11 Å². The van der Waals surface area contributed by atoms with Gasteiger partial charge in [0.1, 0.15) is 24.8 Å². The van der Waals surface area contributed by atoms with E-state index in [1.807, 2.05) is 12.1 Å². The van der Waals surface area contributed by atoms with E-state index in [4.69, 9.17) is 10.00 Å². The van der Waals surface area contributed by atoms with Crippen LogP contribution >= 0.6 is 0 Å². The Kier molecular flexibility index (Phi) is 5.64. The van der Waals surface area contributed by atoms with Crippen molar-refractivity contribution in [3.63, 3.8) is 0 Å². The van der Waals surface area contributed by atoms with Gasteiger partial charge in [-0.15, -0.1) is 0 Å². The van der Waals surface area contributed by atoms with Crippen molar-refractivity contribution in [1.82, 2.24) is 15.3 Å². The van der Waals surface area contributed by atoms with Crippen molar-refractivity contribution in [2.75, 3.05) is 13.2 Å². The van der Waals surface area contributed by atoms with Crippen LogP contribution in [0.5, 0.6) is 5.75 Å². The van der Waals surface area contributed by atoms with Gasteiger partial charge >= 0.3 is 0 Å². The molecule has 0 radical (unpaired) electrons. The number of hydrogen-bond donors (Lipinski definition) is 2. The topological polar surface area (TPSA) is 91.1 Å². The lowest BCUT2D eigenvalue weighted by molar-refractivity contribution is 0.106. The van der Waals surface area contributed by atoms with Crippen LogP contribution in [0.3, 0.4) is 0 Å². The lowest BCUT2D eigenvalue weighted by Crippen LogP contribution is -2.31. The fourth-order valence-corrected chi connectivity index (χ4v) is 1.67. The molecule has 0 amide bonds. The van der Waals surface area contributed by atoms with Crippen molar-refractivity contribution >= 4 is 0 Å². The Morgan fingerprint density at radius 2 is 2.10 bits per heavy atom. The second-order valence-electron chi connectivity index (χ2n) is 4.43. The molecule has 1 aromatic carbocycles. The molecule has 0 aliphatic rings. The van der Waals surface area contributed by atoms with Gasteiger partial charge < -0.3 is 15.2 Å². The minimum atomic E-state index is -0.623. The summed E-state index contributed by atoms with van der Waals surface area (Å²) in [6.07, 6.45) is 2.54. The van der Waals surface area contributed by atoms with Crippen molar-refractivity contribution in [2.24, 2.45) is 0 Å². The molecule has 2 rings (SSSR count). The number of hydrogen-bond acceptors (Lipinski definition) is 6. The summed E-state index contributed by atoms with van der Waals surface area (Å²) in [5.74, 6) is 0.629. The minimum Gasteiger partial charge on any atom is -0.491 e. The molecule has 1 atom stereocenters. The average Bonchev–Trinajstić information content (AvgIpc) is 2.54. The highest BCUT2D eigenvalue weighted by Crippen LogP contribution is 2.11. The number of aliphatic hydroxyl groups excluding tert-OH is 1. The molecule has 0 saturated heterocycles. The van der Waals surface area contributed by atoms with E-state index in [0.29, 0.717) is 24.4 Å². The van der Waals surface area contributed by atoms with E-state index in [1.54, 1.807) is 30.5 Å². The van der Waals surface area contributed by atoms with E-state index in [-0.39, 0.29) is 6.61 Å². The molecule has 1 heterocycles. The second kappa shape index (κ2) is 7.94. The van der Waals surface area contributed by atoms with E-state index >= 15 is 0 Å². The largest absolute Gasteiger partial charge is 0.491 e. The Bertz CT molecular complexity index is 581. The lowest BCUT2D eigenvalue weighted by Gasteiger charge is -2.13. The van der Waals surface area contributed by atoms with Crippen LogP contribution in [0.2, 0.25) is 0 Å². The van der Waals surface area contributed by atoms with Gasteiger partial charge in [0.15, 0.2) is 0 Å². The van der Waals surface area contributed by atoms with E-state index in [0.717, 1.165) is 5.69 Å². The van der Waals surface area contributed by atoms with Gasteiger partial charge in [-0.25, -0.2) is 9.97 Å². The summed E-state index contributed by atoms with van der Waals surface area (Å²) >= 11 is 0. The third-order valence-electron chi connectivity index (χ3n) is 2.76. The highest BCUT2D eigenvalue weighted by atomic mass is 16.5. The van der Waals surface area contributed by atoms with Crippen molar-refractivity contribution in [2.45, 2.75) is 12.6 Å². The minimum absolute atomic E-state index is 0.183. The maximum absolute atomic E-state index is 9.82. The SMILES string of the molecule is N#Cc1ccc(OCC(O)CNCc2ccncn2)cc1. The molecule has 21 heavy (non-hydrogen) atoms. The lowest BCUT2D eigenvalue weighted by atomic mass is 10.2. The fourth-order valence-electron chi connectivity index (χ4n) is 1.67. The van der Waals surface area contributed by atoms with Crippen LogP contribution in [-0.2, 0) is 6.54 Å². The first kappa shape index (κ1) is 14.9. The first-order chi connectivity index (χ1) is 10.3. The Balaban J connectivity index is 1.67. The van der Waals surface area contributed by atoms with Gasteiger partial charge in [0, 0.05) is 19.3 Å². The molecule has 6 heteroatoms. The van der Waals surface area contributed by atoms with Crippen LogP contribution in [0.4, 0.5) is 0 Å². The Hall–Kier alpha value is -2.49. The highest BCUT2D eigenvalue weighted by molar-refractivity contribution is 5.34. The summed E-state index contributed by atoms with van der Waals surface area (Å²) in [6, 6.07) is 10.6. The molecular weight excluding hydrogens is 268 g/mol. The summed E-state index contributed by atoms with van der Waals surface area (Å²) in [7, 11) is 0. The number of ether oxygens (including phenoxy) is 1. The van der Waals surface area contributed by atoms with Gasteiger partial charge in [-0.3, -0.25) is 0 Å². The molecule has 2 N–H and O–H groups in total. The number of nitriles is 1. The fraction of sp³-hybridized carbons (Fsp3) is 0.267. The third-order valence-corrected chi connectivity index (χ3v) is 2.76. The number of nitrogens with zero attached hydrogens (tertiary/aromatic N) is 3. The van der Waals surface area contributed by atoms with E-state index in [1.165, 1.54) is 6.33 Å². The quantitative estimate of drug-likeness (QED) is 0.784. The number of benzene rings is 1. The predicted molar refractivity (Wildman–Crippen MR) is 76.4 cm³/mol. The second-order valence-corrected chi connectivity index (χ2v) is 4.43. The first-order valence-corrected chi connectivity index (χ1v) is 6.54. The van der Waals surface area contributed by atoms with Crippen LogP contribution < -0.4 is 10.1 Å². The van der Waals surface area contributed by atoms with Crippen LogP contribution in [0.1, 0.15) is 11.3 Å². The van der Waals surface area contributed by atoms with Gasteiger partial charge in [0.25, 0.3) is 0 Å². The molecule has 0 aliphatic heterocycles. The summed E-state index contributed by atoms with van der Waals surface area (Å²) in [5, 5.41) is 21.6. The summed E-state index contributed by atoms with van der Waals surface area (Å²) < 4.78 is 5.45. The zero-order chi connectivity index (χ0) is 14.9. The van der Waals surface area contributed by atoms with Crippen molar-refractivity contribution < 1.29 is 9.84 Å². The van der Waals surface area contributed by atoms with Gasteiger partial charge in [-0.05, 0) is 30.3 Å². The molecule has 0 saturated carbocycles. The van der Waals surface area contributed by atoms with Crippen molar-refractivity contribution in [1.29, 1.82) is 5.26 Å². The van der Waals surface area contributed by atoms with Crippen molar-refractivity contribution in [3.8, 4) is 11.8 Å². The summed E-state index contributed by atoms with van der Waals surface area (Å²) in [6.45, 7) is 1.15. The molecule has 2 aromatic rings. The first-order valence-electron chi connectivity index (χ1n) is 6.54. The molecule has 108 valence electrons. The smallest absolute Gasteiger partial charge is 0.119 e. The molecular formula is C15H16N4O2. The number of rotatable bonds is 7. The maximum Gasteiger partial charge on any atom is 0.119 e.